The summed E-state index contributed by atoms with van der Waals surface area (Å²) in [4.78, 5) is 27.1. The number of carbonyl (C=O) groups excluding carboxylic acids is 2. The van der Waals surface area contributed by atoms with Crippen molar-refractivity contribution in [3.8, 4) is 5.75 Å². The SMILES string of the molecule is CC[C@H](C(=O)NC)N(Cc1ccc(OC)cc1)C(=O)CN(c1cccc(F)c1)S(C)(=O)=O. The zero-order valence-corrected chi connectivity index (χ0v) is 19.4. The topological polar surface area (TPSA) is 96.0 Å². The molecule has 0 radical (unpaired) electrons. The van der Waals surface area contributed by atoms with Crippen LogP contribution in [0.25, 0.3) is 0 Å². The van der Waals surface area contributed by atoms with E-state index in [0.717, 1.165) is 22.2 Å². The first-order chi connectivity index (χ1) is 15.1. The minimum Gasteiger partial charge on any atom is -0.497 e. The summed E-state index contributed by atoms with van der Waals surface area (Å²) in [5.41, 5.74) is 0.761. The van der Waals surface area contributed by atoms with Crippen LogP contribution in [0.2, 0.25) is 0 Å². The maximum Gasteiger partial charge on any atom is 0.244 e. The molecule has 0 saturated heterocycles. The molecule has 0 aliphatic heterocycles. The van der Waals surface area contributed by atoms with Gasteiger partial charge in [0, 0.05) is 13.6 Å². The molecule has 0 fully saturated rings. The maximum atomic E-state index is 13.7. The molecule has 8 nitrogen and oxygen atoms in total. The van der Waals surface area contributed by atoms with E-state index in [1.807, 2.05) is 0 Å². The molecule has 2 aromatic carbocycles. The van der Waals surface area contributed by atoms with Crippen LogP contribution >= 0.6 is 0 Å². The summed E-state index contributed by atoms with van der Waals surface area (Å²) in [7, 11) is -0.895. The molecule has 0 saturated carbocycles. The van der Waals surface area contributed by atoms with Gasteiger partial charge in [-0.1, -0.05) is 25.1 Å². The number of rotatable bonds is 10. The normalized spacial score (nSPS) is 12.0. The number of nitrogens with zero attached hydrogens (tertiary/aromatic N) is 2. The summed E-state index contributed by atoms with van der Waals surface area (Å²) in [6, 6.07) is 11.2. The van der Waals surface area contributed by atoms with Crippen molar-refractivity contribution in [3.63, 3.8) is 0 Å². The third-order valence-electron chi connectivity index (χ3n) is 4.92. The molecule has 2 rings (SSSR count). The summed E-state index contributed by atoms with van der Waals surface area (Å²) in [5, 5.41) is 2.54. The Hall–Kier alpha value is -3.14. The molecule has 1 N–H and O–H groups in total. The molecule has 174 valence electrons. The predicted molar refractivity (Wildman–Crippen MR) is 120 cm³/mol. The van der Waals surface area contributed by atoms with Gasteiger partial charge in [-0.3, -0.25) is 13.9 Å². The van der Waals surface area contributed by atoms with E-state index in [1.165, 1.54) is 37.3 Å². The Morgan fingerprint density at radius 2 is 1.81 bits per heavy atom. The summed E-state index contributed by atoms with van der Waals surface area (Å²) < 4.78 is 44.5. The van der Waals surface area contributed by atoms with Crippen LogP contribution in [0.4, 0.5) is 10.1 Å². The van der Waals surface area contributed by atoms with Gasteiger partial charge in [0.1, 0.15) is 24.2 Å². The van der Waals surface area contributed by atoms with Crippen molar-refractivity contribution in [1.29, 1.82) is 0 Å². The van der Waals surface area contributed by atoms with Crippen LogP contribution in [0.1, 0.15) is 18.9 Å². The molecular formula is C22H28FN3O5S. The van der Waals surface area contributed by atoms with Crippen LogP contribution in [0.5, 0.6) is 5.75 Å². The molecule has 0 heterocycles. The lowest BCUT2D eigenvalue weighted by atomic mass is 10.1. The van der Waals surface area contributed by atoms with Crippen molar-refractivity contribution >= 4 is 27.5 Å². The Kier molecular flexibility index (Phi) is 8.59. The highest BCUT2D eigenvalue weighted by Crippen LogP contribution is 2.21. The van der Waals surface area contributed by atoms with E-state index in [4.69, 9.17) is 4.74 Å². The van der Waals surface area contributed by atoms with Gasteiger partial charge < -0.3 is 15.0 Å². The smallest absolute Gasteiger partial charge is 0.244 e. The average molecular weight is 466 g/mol. The number of sulfonamides is 1. The summed E-state index contributed by atoms with van der Waals surface area (Å²) in [6.07, 6.45) is 1.26. The fraction of sp³-hybridized carbons (Fsp3) is 0.364. The van der Waals surface area contributed by atoms with E-state index in [2.05, 4.69) is 5.32 Å². The van der Waals surface area contributed by atoms with Gasteiger partial charge in [0.15, 0.2) is 0 Å². The molecule has 1 atom stereocenters. The second kappa shape index (κ2) is 10.9. The van der Waals surface area contributed by atoms with Gasteiger partial charge in [-0.05, 0) is 42.3 Å². The van der Waals surface area contributed by atoms with Gasteiger partial charge in [0.2, 0.25) is 21.8 Å². The fourth-order valence-electron chi connectivity index (χ4n) is 3.26. The van der Waals surface area contributed by atoms with E-state index >= 15 is 0 Å². The number of carbonyl (C=O) groups is 2. The highest BCUT2D eigenvalue weighted by Gasteiger charge is 2.31. The van der Waals surface area contributed by atoms with Crippen LogP contribution < -0.4 is 14.4 Å². The summed E-state index contributed by atoms with van der Waals surface area (Å²) in [6.45, 7) is 1.26. The van der Waals surface area contributed by atoms with E-state index in [9.17, 15) is 22.4 Å². The van der Waals surface area contributed by atoms with Crippen molar-refractivity contribution in [3.05, 3.63) is 59.9 Å². The van der Waals surface area contributed by atoms with Crippen molar-refractivity contribution in [2.75, 3.05) is 31.3 Å². The van der Waals surface area contributed by atoms with Crippen LogP contribution in [-0.2, 0) is 26.2 Å². The molecule has 0 aromatic heterocycles. The Morgan fingerprint density at radius 1 is 1.16 bits per heavy atom. The largest absolute Gasteiger partial charge is 0.497 e. The van der Waals surface area contributed by atoms with Crippen LogP contribution in [-0.4, -0.2) is 58.1 Å². The van der Waals surface area contributed by atoms with Crippen molar-refractivity contribution < 1.29 is 27.1 Å². The summed E-state index contributed by atoms with van der Waals surface area (Å²) >= 11 is 0. The molecule has 0 bridgehead atoms. The van der Waals surface area contributed by atoms with Gasteiger partial charge in [0.05, 0.1) is 19.1 Å². The first-order valence-corrected chi connectivity index (χ1v) is 11.8. The number of hydrogen-bond donors (Lipinski definition) is 1. The Balaban J connectivity index is 2.41. The number of halogens is 1. The fourth-order valence-corrected chi connectivity index (χ4v) is 4.10. The highest BCUT2D eigenvalue weighted by atomic mass is 32.2. The lowest BCUT2D eigenvalue weighted by Gasteiger charge is -2.32. The third kappa shape index (κ3) is 6.43. The van der Waals surface area contributed by atoms with E-state index < -0.39 is 34.3 Å². The molecular weight excluding hydrogens is 437 g/mol. The quantitative estimate of drug-likeness (QED) is 0.580. The highest BCUT2D eigenvalue weighted by molar-refractivity contribution is 7.92. The second-order valence-electron chi connectivity index (χ2n) is 7.16. The Morgan fingerprint density at radius 3 is 2.31 bits per heavy atom. The van der Waals surface area contributed by atoms with Gasteiger partial charge in [0.25, 0.3) is 0 Å². The number of benzene rings is 2. The number of hydrogen-bond acceptors (Lipinski definition) is 5. The number of likely N-dealkylation sites (N-methyl/N-ethyl adjacent to an activating group) is 1. The van der Waals surface area contributed by atoms with Crippen molar-refractivity contribution in [2.45, 2.75) is 25.9 Å². The molecule has 0 unspecified atom stereocenters. The lowest BCUT2D eigenvalue weighted by molar-refractivity contribution is -0.140. The maximum absolute atomic E-state index is 13.7. The lowest BCUT2D eigenvalue weighted by Crippen LogP contribution is -2.51. The molecule has 32 heavy (non-hydrogen) atoms. The number of ether oxygens (including phenoxy) is 1. The average Bonchev–Trinajstić information content (AvgIpc) is 2.76. The first kappa shape index (κ1) is 25.1. The van der Waals surface area contributed by atoms with Crippen LogP contribution in [0, 0.1) is 5.82 Å². The predicted octanol–water partition coefficient (Wildman–Crippen LogP) is 2.15. The van der Waals surface area contributed by atoms with Gasteiger partial charge in [-0.15, -0.1) is 0 Å². The monoisotopic (exact) mass is 465 g/mol. The molecule has 0 aliphatic carbocycles. The molecule has 0 spiro atoms. The van der Waals surface area contributed by atoms with Gasteiger partial charge in [-0.25, -0.2) is 12.8 Å². The first-order valence-electron chi connectivity index (χ1n) is 9.98. The van der Waals surface area contributed by atoms with Crippen LogP contribution in [0.15, 0.2) is 48.5 Å². The van der Waals surface area contributed by atoms with Gasteiger partial charge in [-0.2, -0.15) is 0 Å². The van der Waals surface area contributed by atoms with E-state index in [-0.39, 0.29) is 18.1 Å². The zero-order chi connectivity index (χ0) is 23.9. The van der Waals surface area contributed by atoms with Crippen molar-refractivity contribution in [1.82, 2.24) is 10.2 Å². The molecule has 0 aliphatic rings. The van der Waals surface area contributed by atoms with E-state index in [1.54, 1.807) is 31.2 Å². The van der Waals surface area contributed by atoms with Crippen LogP contribution in [0.3, 0.4) is 0 Å². The number of amides is 2. The van der Waals surface area contributed by atoms with E-state index in [0.29, 0.717) is 12.2 Å². The number of anilines is 1. The molecule has 2 aromatic rings. The second-order valence-corrected chi connectivity index (χ2v) is 9.06. The summed E-state index contributed by atoms with van der Waals surface area (Å²) in [5.74, 6) is -0.952. The zero-order valence-electron chi connectivity index (χ0n) is 18.5. The minimum atomic E-state index is -3.90. The Labute approximate surface area is 188 Å². The standard InChI is InChI=1S/C22H28FN3O5S/c1-5-20(22(28)24-2)25(14-16-9-11-19(31-3)12-10-16)21(27)15-26(32(4,29)30)18-8-6-7-17(23)13-18/h6-13,20H,5,14-15H2,1-4H3,(H,24,28)/t20-/m1/s1. The molecule has 2 amide bonds. The minimum absolute atomic E-state index is 0.0261. The van der Waals surface area contributed by atoms with Crippen molar-refractivity contribution in [2.24, 2.45) is 0 Å². The Bertz CT molecular complexity index is 1040. The van der Waals surface area contributed by atoms with Gasteiger partial charge >= 0.3 is 0 Å². The third-order valence-corrected chi connectivity index (χ3v) is 6.06. The number of nitrogens with one attached hydrogen (secondary N) is 1. The molecule has 10 heteroatoms. The number of methoxy groups -OCH3 is 1.